The van der Waals surface area contributed by atoms with Gasteiger partial charge in [0.25, 0.3) is 0 Å². The number of rotatable bonds is 2. The summed E-state index contributed by atoms with van der Waals surface area (Å²) in [7, 11) is 6.47. The van der Waals surface area contributed by atoms with Crippen molar-refractivity contribution in [1.82, 2.24) is 0 Å². The molecule has 1 atom stereocenters. The Hall–Kier alpha value is -1.15. The van der Waals surface area contributed by atoms with E-state index in [1.54, 1.807) is 0 Å². The van der Waals surface area contributed by atoms with E-state index >= 15 is 0 Å². The average Bonchev–Trinajstić information content (AvgIpc) is 2.24. The van der Waals surface area contributed by atoms with E-state index in [2.05, 4.69) is 47.1 Å². The number of fused-ring (bicyclic) bond motifs is 1. The first-order chi connectivity index (χ1) is 8.28. The van der Waals surface area contributed by atoms with Gasteiger partial charge in [0, 0.05) is 5.56 Å². The Morgan fingerprint density at radius 3 is 2.39 bits per heavy atom. The van der Waals surface area contributed by atoms with E-state index < -0.39 is 0 Å². The van der Waals surface area contributed by atoms with Gasteiger partial charge in [0.15, 0.2) is 5.78 Å². The van der Waals surface area contributed by atoms with Crippen molar-refractivity contribution in [3.8, 4) is 0 Å². The van der Waals surface area contributed by atoms with Crippen molar-refractivity contribution in [2.24, 2.45) is 5.92 Å². The molecule has 0 bridgehead atoms. The minimum Gasteiger partial charge on any atom is -0.330 e. The number of carbonyl (C=O) groups excluding carboxylic acids is 1. The molecule has 2 heteroatoms. The van der Waals surface area contributed by atoms with Crippen molar-refractivity contribution in [2.75, 3.05) is 27.7 Å². The molecule has 0 saturated carbocycles. The van der Waals surface area contributed by atoms with Crippen LogP contribution in [0.5, 0.6) is 0 Å². The van der Waals surface area contributed by atoms with E-state index in [4.69, 9.17) is 0 Å². The molecule has 1 aliphatic rings. The predicted molar refractivity (Wildman–Crippen MR) is 75.0 cm³/mol. The summed E-state index contributed by atoms with van der Waals surface area (Å²) in [6, 6.07) is 4.29. The van der Waals surface area contributed by atoms with Crippen LogP contribution < -0.4 is 0 Å². The van der Waals surface area contributed by atoms with E-state index in [0.29, 0.717) is 5.78 Å². The third-order valence-electron chi connectivity index (χ3n) is 3.89. The van der Waals surface area contributed by atoms with Crippen molar-refractivity contribution >= 4 is 5.78 Å². The lowest BCUT2D eigenvalue weighted by Crippen LogP contribution is -2.42. The molecule has 18 heavy (non-hydrogen) atoms. The maximum Gasteiger partial charge on any atom is 0.171 e. The number of carbonyl (C=O) groups is 1. The molecule has 2 rings (SSSR count). The molecule has 0 N–H and O–H groups in total. The zero-order chi connectivity index (χ0) is 13.5. The Bertz CT molecular complexity index is 483. The number of benzene rings is 1. The lowest BCUT2D eigenvalue weighted by molar-refractivity contribution is -0.872. The highest BCUT2D eigenvalue weighted by Gasteiger charge is 2.31. The second-order valence-corrected chi connectivity index (χ2v) is 6.67. The number of Topliss-reactive ketones (excluding diaryl/α,β-unsaturated/α-hetero) is 1. The van der Waals surface area contributed by atoms with Crippen molar-refractivity contribution in [1.29, 1.82) is 0 Å². The molecule has 2 nitrogen and oxygen atoms in total. The van der Waals surface area contributed by atoms with Gasteiger partial charge < -0.3 is 4.48 Å². The first kappa shape index (κ1) is 13.3. The number of aryl methyl sites for hydroxylation is 3. The summed E-state index contributed by atoms with van der Waals surface area (Å²) in [5.41, 5.74) is 4.75. The Labute approximate surface area is 110 Å². The van der Waals surface area contributed by atoms with Crippen molar-refractivity contribution < 1.29 is 9.28 Å². The van der Waals surface area contributed by atoms with Gasteiger partial charge in [0.05, 0.1) is 33.6 Å². The number of hydrogen-bond acceptors (Lipinski definition) is 1. The summed E-state index contributed by atoms with van der Waals surface area (Å²) in [6.07, 6.45) is 2.05. The minimum absolute atomic E-state index is 0.194. The van der Waals surface area contributed by atoms with Gasteiger partial charge in [-0.25, -0.2) is 0 Å². The number of quaternary nitrogens is 1. The lowest BCUT2D eigenvalue weighted by atomic mass is 9.81. The van der Waals surface area contributed by atoms with Gasteiger partial charge in [-0.3, -0.25) is 4.79 Å². The Morgan fingerprint density at radius 1 is 1.17 bits per heavy atom. The molecule has 0 amide bonds. The van der Waals surface area contributed by atoms with Crippen molar-refractivity contribution in [3.63, 3.8) is 0 Å². The van der Waals surface area contributed by atoms with Gasteiger partial charge >= 0.3 is 0 Å². The monoisotopic (exact) mass is 246 g/mol. The van der Waals surface area contributed by atoms with Crippen LogP contribution in [0.4, 0.5) is 0 Å². The van der Waals surface area contributed by atoms with Crippen LogP contribution in [0.2, 0.25) is 0 Å². The molecule has 0 heterocycles. The zero-order valence-corrected chi connectivity index (χ0v) is 12.2. The third kappa shape index (κ3) is 2.64. The molecule has 1 aromatic carbocycles. The topological polar surface area (TPSA) is 17.1 Å². The van der Waals surface area contributed by atoms with Crippen LogP contribution in [0.15, 0.2) is 12.1 Å². The first-order valence-corrected chi connectivity index (χ1v) is 6.73. The Kier molecular flexibility index (Phi) is 3.33. The highest BCUT2D eigenvalue weighted by molar-refractivity contribution is 6.00. The molecule has 1 unspecified atom stereocenters. The lowest BCUT2D eigenvalue weighted by Gasteiger charge is -2.31. The molecule has 0 fully saturated rings. The maximum absolute atomic E-state index is 12.5. The average molecular weight is 246 g/mol. The summed E-state index contributed by atoms with van der Waals surface area (Å²) in [4.78, 5) is 12.5. The van der Waals surface area contributed by atoms with Gasteiger partial charge in [-0.1, -0.05) is 6.07 Å². The number of ketones is 1. The molecule has 0 spiro atoms. The number of nitrogens with zero attached hydrogens (tertiary/aromatic N) is 1. The Morgan fingerprint density at radius 2 is 1.78 bits per heavy atom. The molecular formula is C16H24NO+. The predicted octanol–water partition coefficient (Wildman–Crippen LogP) is 2.75. The Balaban J connectivity index is 2.31. The molecule has 0 radical (unpaired) electrons. The number of hydrogen-bond donors (Lipinski definition) is 0. The van der Waals surface area contributed by atoms with Crippen LogP contribution in [0, 0.1) is 19.8 Å². The molecule has 0 aliphatic heterocycles. The first-order valence-electron chi connectivity index (χ1n) is 6.73. The summed E-state index contributed by atoms with van der Waals surface area (Å²) in [5, 5.41) is 0. The van der Waals surface area contributed by atoms with Gasteiger partial charge in [-0.2, -0.15) is 0 Å². The van der Waals surface area contributed by atoms with Gasteiger partial charge in [0.2, 0.25) is 0 Å². The zero-order valence-electron chi connectivity index (χ0n) is 12.2. The second kappa shape index (κ2) is 4.51. The second-order valence-electron chi connectivity index (χ2n) is 6.67. The van der Waals surface area contributed by atoms with Crippen LogP contribution in [-0.4, -0.2) is 38.0 Å². The van der Waals surface area contributed by atoms with Crippen LogP contribution >= 0.6 is 0 Å². The van der Waals surface area contributed by atoms with E-state index in [1.807, 2.05) is 0 Å². The summed E-state index contributed by atoms with van der Waals surface area (Å²) < 4.78 is 0.858. The standard InChI is InChI=1S/C16H24NO/c1-11-8-13-6-7-14(10-17(3,4)5)16(18)15(13)9-12(11)2/h8-9,14H,6-7,10H2,1-5H3/q+1. The van der Waals surface area contributed by atoms with Crippen LogP contribution in [-0.2, 0) is 6.42 Å². The van der Waals surface area contributed by atoms with Crippen molar-refractivity contribution in [2.45, 2.75) is 26.7 Å². The van der Waals surface area contributed by atoms with E-state index in [0.717, 1.165) is 29.4 Å². The van der Waals surface area contributed by atoms with E-state index in [9.17, 15) is 4.79 Å². The fraction of sp³-hybridized carbons (Fsp3) is 0.562. The molecule has 98 valence electrons. The fourth-order valence-electron chi connectivity index (χ4n) is 2.83. The highest BCUT2D eigenvalue weighted by atomic mass is 16.1. The molecule has 0 saturated heterocycles. The molecular weight excluding hydrogens is 222 g/mol. The van der Waals surface area contributed by atoms with Crippen LogP contribution in [0.3, 0.4) is 0 Å². The quantitative estimate of drug-likeness (QED) is 0.733. The molecule has 1 aliphatic carbocycles. The molecule has 0 aromatic heterocycles. The van der Waals surface area contributed by atoms with Crippen molar-refractivity contribution in [3.05, 3.63) is 34.4 Å². The summed E-state index contributed by atoms with van der Waals surface area (Å²) in [5.74, 6) is 0.548. The van der Waals surface area contributed by atoms with E-state index in [1.165, 1.54) is 16.7 Å². The van der Waals surface area contributed by atoms with Crippen LogP contribution in [0.25, 0.3) is 0 Å². The maximum atomic E-state index is 12.5. The minimum atomic E-state index is 0.194. The fourth-order valence-corrected chi connectivity index (χ4v) is 2.83. The largest absolute Gasteiger partial charge is 0.330 e. The van der Waals surface area contributed by atoms with Gasteiger partial charge in [0.1, 0.15) is 0 Å². The molecule has 1 aromatic rings. The van der Waals surface area contributed by atoms with E-state index in [-0.39, 0.29) is 5.92 Å². The smallest absolute Gasteiger partial charge is 0.171 e. The summed E-state index contributed by atoms with van der Waals surface area (Å²) in [6.45, 7) is 5.15. The summed E-state index contributed by atoms with van der Waals surface area (Å²) >= 11 is 0. The normalized spacial score (nSPS) is 19.8. The highest BCUT2D eigenvalue weighted by Crippen LogP contribution is 2.28. The third-order valence-corrected chi connectivity index (χ3v) is 3.89. The van der Waals surface area contributed by atoms with Gasteiger partial charge in [-0.05, 0) is 49.4 Å². The van der Waals surface area contributed by atoms with Gasteiger partial charge in [-0.15, -0.1) is 0 Å². The SMILES string of the molecule is Cc1cc2c(cc1C)C(=O)C(C[N+](C)(C)C)CC2. The van der Waals surface area contributed by atoms with Crippen LogP contribution in [0.1, 0.15) is 33.5 Å².